The molecule has 0 aromatic carbocycles. The molecule has 0 saturated carbocycles. The van der Waals surface area contributed by atoms with Crippen LogP contribution in [0.2, 0.25) is 13.1 Å². The number of ether oxygens (including phenoxy) is 1. The predicted molar refractivity (Wildman–Crippen MR) is 112 cm³/mol. The molecule has 0 bridgehead atoms. The molecule has 0 amide bonds. The average Bonchev–Trinajstić information content (AvgIpc) is 3.14. The molecule has 2 N–H and O–H groups in total. The SMILES string of the molecule is COC(=O)c1cc(C(O[SiH](C)C)C(C)(C)C)cc(CNCCc2cnc[nH]2)n1. The molecule has 0 spiro atoms. The van der Waals surface area contributed by atoms with Crippen LogP contribution in [0.3, 0.4) is 0 Å². The minimum atomic E-state index is -1.28. The van der Waals surface area contributed by atoms with Gasteiger partial charge in [-0.15, -0.1) is 0 Å². The van der Waals surface area contributed by atoms with Gasteiger partial charge in [-0.2, -0.15) is 0 Å². The maximum atomic E-state index is 12.1. The van der Waals surface area contributed by atoms with Crippen molar-refractivity contribution in [2.75, 3.05) is 13.7 Å². The highest BCUT2D eigenvalue weighted by Crippen LogP contribution is 2.37. The lowest BCUT2D eigenvalue weighted by Gasteiger charge is -2.33. The number of pyridine rings is 1. The number of nitrogens with one attached hydrogen (secondary N) is 2. The van der Waals surface area contributed by atoms with E-state index in [-0.39, 0.29) is 11.5 Å². The van der Waals surface area contributed by atoms with Gasteiger partial charge in [0.2, 0.25) is 0 Å². The number of hydrogen-bond donors (Lipinski definition) is 2. The molecule has 154 valence electrons. The first-order valence-corrected chi connectivity index (χ1v) is 12.4. The van der Waals surface area contributed by atoms with Gasteiger partial charge in [0.15, 0.2) is 9.04 Å². The summed E-state index contributed by atoms with van der Waals surface area (Å²) >= 11 is 0. The molecule has 2 rings (SSSR count). The van der Waals surface area contributed by atoms with E-state index in [1.807, 2.05) is 12.3 Å². The minimum Gasteiger partial charge on any atom is -0.464 e. The molecule has 0 aliphatic carbocycles. The molecule has 7 nitrogen and oxygen atoms in total. The topological polar surface area (TPSA) is 89.1 Å². The zero-order valence-corrected chi connectivity index (χ0v) is 18.9. The first-order chi connectivity index (χ1) is 13.2. The number of carbonyl (C=O) groups excluding carboxylic acids is 1. The van der Waals surface area contributed by atoms with Crippen molar-refractivity contribution in [3.8, 4) is 0 Å². The molecular weight excluding hydrogens is 372 g/mol. The van der Waals surface area contributed by atoms with E-state index in [0.29, 0.717) is 12.2 Å². The Hall–Kier alpha value is -2.03. The Morgan fingerprint density at radius 3 is 2.64 bits per heavy atom. The van der Waals surface area contributed by atoms with E-state index in [1.54, 1.807) is 12.4 Å². The Morgan fingerprint density at radius 2 is 2.07 bits per heavy atom. The van der Waals surface area contributed by atoms with Gasteiger partial charge in [0.1, 0.15) is 5.69 Å². The third-order valence-electron chi connectivity index (χ3n) is 4.22. The maximum absolute atomic E-state index is 12.1. The van der Waals surface area contributed by atoms with Crippen LogP contribution < -0.4 is 5.32 Å². The van der Waals surface area contributed by atoms with Gasteiger partial charge in [0, 0.05) is 31.4 Å². The molecule has 2 heterocycles. The first-order valence-electron chi connectivity index (χ1n) is 9.63. The minimum absolute atomic E-state index is 0.0999. The van der Waals surface area contributed by atoms with E-state index in [0.717, 1.165) is 29.9 Å². The quantitative estimate of drug-likeness (QED) is 0.379. The summed E-state index contributed by atoms with van der Waals surface area (Å²) in [4.78, 5) is 23.7. The fourth-order valence-electron chi connectivity index (χ4n) is 2.98. The van der Waals surface area contributed by atoms with E-state index in [1.165, 1.54) is 7.11 Å². The van der Waals surface area contributed by atoms with Crippen molar-refractivity contribution < 1.29 is 14.0 Å². The molecule has 1 unspecified atom stereocenters. The van der Waals surface area contributed by atoms with Gasteiger partial charge in [0.05, 0.1) is 25.2 Å². The lowest BCUT2D eigenvalue weighted by molar-refractivity contribution is 0.0591. The van der Waals surface area contributed by atoms with Gasteiger partial charge < -0.3 is 19.5 Å². The number of aromatic nitrogens is 3. The van der Waals surface area contributed by atoms with Crippen LogP contribution in [0.25, 0.3) is 0 Å². The molecule has 0 radical (unpaired) electrons. The fraction of sp³-hybridized carbons (Fsp3) is 0.550. The molecule has 0 aliphatic rings. The predicted octanol–water partition coefficient (Wildman–Crippen LogP) is 3.01. The molecule has 1 atom stereocenters. The largest absolute Gasteiger partial charge is 0.464 e. The van der Waals surface area contributed by atoms with Crippen LogP contribution in [0.4, 0.5) is 0 Å². The first kappa shape index (κ1) is 22.3. The molecule has 0 saturated heterocycles. The smallest absolute Gasteiger partial charge is 0.356 e. The van der Waals surface area contributed by atoms with Crippen molar-refractivity contribution >= 4 is 15.0 Å². The summed E-state index contributed by atoms with van der Waals surface area (Å²) in [5.74, 6) is -0.435. The number of nitrogens with zero attached hydrogens (tertiary/aromatic N) is 2. The van der Waals surface area contributed by atoms with Crippen molar-refractivity contribution in [3.05, 3.63) is 47.3 Å². The highest BCUT2D eigenvalue weighted by molar-refractivity contribution is 6.48. The molecule has 2 aromatic rings. The van der Waals surface area contributed by atoms with E-state index >= 15 is 0 Å². The number of imidazole rings is 1. The fourth-order valence-corrected chi connectivity index (χ4v) is 4.09. The summed E-state index contributed by atoms with van der Waals surface area (Å²) in [5, 5.41) is 3.38. The van der Waals surface area contributed by atoms with Gasteiger partial charge in [-0.3, -0.25) is 0 Å². The number of H-pyrrole nitrogens is 1. The van der Waals surface area contributed by atoms with Gasteiger partial charge in [0.25, 0.3) is 0 Å². The Bertz CT molecular complexity index is 757. The van der Waals surface area contributed by atoms with Crippen LogP contribution in [-0.4, -0.2) is 43.6 Å². The monoisotopic (exact) mass is 404 g/mol. The van der Waals surface area contributed by atoms with Crippen molar-refractivity contribution in [2.45, 2.75) is 52.9 Å². The lowest BCUT2D eigenvalue weighted by atomic mass is 9.84. The van der Waals surface area contributed by atoms with Crippen molar-refractivity contribution in [2.24, 2.45) is 5.41 Å². The summed E-state index contributed by atoms with van der Waals surface area (Å²) in [7, 11) is 0.0940. The second-order valence-corrected chi connectivity index (χ2v) is 10.6. The number of methoxy groups -OCH3 is 1. The average molecular weight is 405 g/mol. The number of hydrogen-bond acceptors (Lipinski definition) is 6. The van der Waals surface area contributed by atoms with Gasteiger partial charge in [-0.1, -0.05) is 20.8 Å². The standard InChI is InChI=1S/C20H32N4O3Si/c1-20(2,3)18(27-28(5)6)14-9-16(24-17(10-14)19(25)26-4)12-21-8-7-15-11-22-13-23-15/h9-11,13,18,21,28H,7-8,12H2,1-6H3,(H,22,23). The van der Waals surface area contributed by atoms with Crippen LogP contribution in [0.15, 0.2) is 24.7 Å². The summed E-state index contributed by atoms with van der Waals surface area (Å²) in [6.07, 6.45) is 4.23. The van der Waals surface area contributed by atoms with Crippen LogP contribution in [-0.2, 0) is 22.1 Å². The highest BCUT2D eigenvalue weighted by Gasteiger charge is 2.29. The lowest BCUT2D eigenvalue weighted by Crippen LogP contribution is -2.27. The normalized spacial score (nSPS) is 13.0. The van der Waals surface area contributed by atoms with E-state index in [4.69, 9.17) is 9.16 Å². The van der Waals surface area contributed by atoms with Crippen molar-refractivity contribution in [3.63, 3.8) is 0 Å². The third-order valence-corrected chi connectivity index (χ3v) is 5.04. The Balaban J connectivity index is 2.21. The molecule has 28 heavy (non-hydrogen) atoms. The van der Waals surface area contributed by atoms with Crippen molar-refractivity contribution in [1.29, 1.82) is 0 Å². The molecule has 8 heteroatoms. The molecule has 0 aliphatic heterocycles. The van der Waals surface area contributed by atoms with E-state index in [2.05, 4.69) is 54.1 Å². The summed E-state index contributed by atoms with van der Waals surface area (Å²) in [6.45, 7) is 12.1. The van der Waals surface area contributed by atoms with Crippen LogP contribution in [0.1, 0.15) is 54.3 Å². The summed E-state index contributed by atoms with van der Waals surface area (Å²) in [6, 6.07) is 3.83. The van der Waals surface area contributed by atoms with Gasteiger partial charge >= 0.3 is 5.97 Å². The van der Waals surface area contributed by atoms with Gasteiger partial charge in [-0.25, -0.2) is 14.8 Å². The second-order valence-electron chi connectivity index (χ2n) is 8.20. The van der Waals surface area contributed by atoms with Crippen LogP contribution in [0, 0.1) is 5.41 Å². The summed E-state index contributed by atoms with van der Waals surface area (Å²) in [5.41, 5.74) is 3.05. The number of carbonyl (C=O) groups is 1. The molecule has 2 aromatic heterocycles. The second kappa shape index (κ2) is 9.95. The Kier molecular flexibility index (Phi) is 7.91. The molecular formula is C20H32N4O3Si. The van der Waals surface area contributed by atoms with Crippen LogP contribution >= 0.6 is 0 Å². The Labute approximate surface area is 169 Å². The highest BCUT2D eigenvalue weighted by atomic mass is 28.3. The maximum Gasteiger partial charge on any atom is 0.356 e. The number of aromatic amines is 1. The van der Waals surface area contributed by atoms with Gasteiger partial charge in [-0.05, 0) is 36.2 Å². The Morgan fingerprint density at radius 1 is 1.32 bits per heavy atom. The van der Waals surface area contributed by atoms with E-state index in [9.17, 15) is 4.79 Å². The molecule has 0 fully saturated rings. The summed E-state index contributed by atoms with van der Waals surface area (Å²) < 4.78 is 11.2. The number of esters is 1. The zero-order valence-electron chi connectivity index (χ0n) is 17.7. The van der Waals surface area contributed by atoms with E-state index < -0.39 is 15.0 Å². The van der Waals surface area contributed by atoms with Crippen LogP contribution in [0.5, 0.6) is 0 Å². The van der Waals surface area contributed by atoms with Crippen molar-refractivity contribution in [1.82, 2.24) is 20.3 Å². The number of rotatable bonds is 9. The third kappa shape index (κ3) is 6.54. The zero-order chi connectivity index (χ0) is 20.7.